The first-order chi connectivity index (χ1) is 11.1. The number of carbonyl (C=O) groups is 2. The highest BCUT2D eigenvalue weighted by molar-refractivity contribution is 7.18. The van der Waals surface area contributed by atoms with Gasteiger partial charge < -0.3 is 20.4 Å². The lowest BCUT2D eigenvalue weighted by Crippen LogP contribution is -2.29. The van der Waals surface area contributed by atoms with Crippen LogP contribution in [0.2, 0.25) is 0 Å². The lowest BCUT2D eigenvalue weighted by atomic mass is 10.1. The van der Waals surface area contributed by atoms with Gasteiger partial charge in [0.2, 0.25) is 0 Å². The Morgan fingerprint density at radius 3 is 3.00 bits per heavy atom. The molecule has 2 aromatic heterocycles. The van der Waals surface area contributed by atoms with E-state index in [1.54, 1.807) is 12.1 Å². The van der Waals surface area contributed by atoms with E-state index in [1.807, 2.05) is 17.9 Å². The minimum Gasteiger partial charge on any atom is -0.459 e. The highest BCUT2D eigenvalue weighted by atomic mass is 32.1. The first-order valence-corrected chi connectivity index (χ1v) is 8.34. The first kappa shape index (κ1) is 15.8. The molecule has 1 fully saturated rings. The number of thiophene rings is 1. The number of rotatable bonds is 4. The Morgan fingerprint density at radius 2 is 2.35 bits per heavy atom. The minimum absolute atomic E-state index is 0.0157. The second kappa shape index (κ2) is 6.55. The molecule has 2 aromatic rings. The van der Waals surface area contributed by atoms with Gasteiger partial charge in [-0.3, -0.25) is 9.59 Å². The second-order valence-corrected chi connectivity index (χ2v) is 6.75. The standard InChI is InChI=1S/C16H19N3O3S/c1-10-7-13(18-15(20)12-3-2-6-22-12)23-14(10)16(21)19-5-4-11(8-17)9-19/h2-3,6-7,11H,4-5,8-9,17H2,1H3,(H,18,20). The fourth-order valence-corrected chi connectivity index (χ4v) is 3.73. The van der Waals surface area contributed by atoms with Gasteiger partial charge in [0, 0.05) is 13.1 Å². The number of likely N-dealkylation sites (tertiary alicyclic amines) is 1. The molecule has 1 aliphatic heterocycles. The van der Waals surface area contributed by atoms with E-state index in [2.05, 4.69) is 5.32 Å². The number of aryl methyl sites for hydroxylation is 1. The van der Waals surface area contributed by atoms with Crippen LogP contribution in [0.5, 0.6) is 0 Å². The molecule has 3 heterocycles. The van der Waals surface area contributed by atoms with Crippen LogP contribution >= 0.6 is 11.3 Å². The van der Waals surface area contributed by atoms with Gasteiger partial charge in [-0.2, -0.15) is 0 Å². The number of carbonyl (C=O) groups excluding carboxylic acids is 2. The van der Waals surface area contributed by atoms with Gasteiger partial charge in [-0.1, -0.05) is 0 Å². The van der Waals surface area contributed by atoms with E-state index in [0.29, 0.717) is 28.9 Å². The Bertz CT molecular complexity index is 708. The lowest BCUT2D eigenvalue weighted by Gasteiger charge is -2.15. The van der Waals surface area contributed by atoms with E-state index < -0.39 is 0 Å². The van der Waals surface area contributed by atoms with Crippen LogP contribution in [0.1, 0.15) is 32.2 Å². The van der Waals surface area contributed by atoms with Crippen molar-refractivity contribution in [1.82, 2.24) is 4.90 Å². The van der Waals surface area contributed by atoms with Gasteiger partial charge in [0.25, 0.3) is 11.8 Å². The van der Waals surface area contributed by atoms with Crippen LogP contribution in [0, 0.1) is 12.8 Å². The Balaban J connectivity index is 1.71. The van der Waals surface area contributed by atoms with Crippen LogP contribution in [-0.2, 0) is 0 Å². The fraction of sp³-hybridized carbons (Fsp3) is 0.375. The molecule has 23 heavy (non-hydrogen) atoms. The van der Waals surface area contributed by atoms with Crippen molar-refractivity contribution in [2.75, 3.05) is 25.0 Å². The SMILES string of the molecule is Cc1cc(NC(=O)c2ccco2)sc1C(=O)N1CCC(CN)C1. The molecule has 3 rings (SSSR count). The molecule has 0 aromatic carbocycles. The molecule has 6 nitrogen and oxygen atoms in total. The fourth-order valence-electron chi connectivity index (χ4n) is 2.69. The van der Waals surface area contributed by atoms with Crippen molar-refractivity contribution < 1.29 is 14.0 Å². The molecule has 1 unspecified atom stereocenters. The van der Waals surface area contributed by atoms with Gasteiger partial charge in [0.1, 0.15) is 0 Å². The molecule has 0 aliphatic carbocycles. The monoisotopic (exact) mass is 333 g/mol. The number of anilines is 1. The summed E-state index contributed by atoms with van der Waals surface area (Å²) in [5.41, 5.74) is 6.54. The predicted molar refractivity (Wildman–Crippen MR) is 88.8 cm³/mol. The number of nitrogens with zero attached hydrogens (tertiary/aromatic N) is 1. The van der Waals surface area contributed by atoms with E-state index in [-0.39, 0.29) is 17.6 Å². The summed E-state index contributed by atoms with van der Waals surface area (Å²) in [4.78, 5) is 27.1. The molecule has 2 amide bonds. The number of furan rings is 1. The summed E-state index contributed by atoms with van der Waals surface area (Å²) in [5, 5.41) is 3.41. The lowest BCUT2D eigenvalue weighted by molar-refractivity contribution is 0.0791. The summed E-state index contributed by atoms with van der Waals surface area (Å²) >= 11 is 1.29. The number of hydrogen-bond acceptors (Lipinski definition) is 5. The predicted octanol–water partition coefficient (Wildman–Crippen LogP) is 2.32. The van der Waals surface area contributed by atoms with Crippen LogP contribution in [0.15, 0.2) is 28.9 Å². The molecule has 0 saturated carbocycles. The van der Waals surface area contributed by atoms with Gasteiger partial charge in [0.05, 0.1) is 16.1 Å². The van der Waals surface area contributed by atoms with Gasteiger partial charge in [-0.15, -0.1) is 11.3 Å². The number of nitrogens with two attached hydrogens (primary N) is 1. The average Bonchev–Trinajstić information content (AvgIpc) is 3.27. The molecule has 0 radical (unpaired) electrons. The zero-order chi connectivity index (χ0) is 16.4. The van der Waals surface area contributed by atoms with Crippen LogP contribution in [0.3, 0.4) is 0 Å². The molecule has 3 N–H and O–H groups in total. The maximum absolute atomic E-state index is 12.6. The van der Waals surface area contributed by atoms with E-state index >= 15 is 0 Å². The number of nitrogens with one attached hydrogen (secondary N) is 1. The normalized spacial score (nSPS) is 17.5. The van der Waals surface area contributed by atoms with Crippen LogP contribution in [-0.4, -0.2) is 36.3 Å². The van der Waals surface area contributed by atoms with E-state index in [0.717, 1.165) is 18.5 Å². The number of amides is 2. The maximum Gasteiger partial charge on any atom is 0.291 e. The van der Waals surface area contributed by atoms with Crippen molar-refractivity contribution in [2.45, 2.75) is 13.3 Å². The van der Waals surface area contributed by atoms with Crippen molar-refractivity contribution in [3.05, 3.63) is 40.7 Å². The molecular weight excluding hydrogens is 314 g/mol. The summed E-state index contributed by atoms with van der Waals surface area (Å²) in [6, 6.07) is 5.07. The Labute approximate surface area is 138 Å². The zero-order valence-corrected chi connectivity index (χ0v) is 13.7. The number of hydrogen-bond donors (Lipinski definition) is 2. The third-order valence-corrected chi connectivity index (χ3v) is 5.14. The summed E-state index contributed by atoms with van der Waals surface area (Å²) in [6.07, 6.45) is 2.40. The van der Waals surface area contributed by atoms with Gasteiger partial charge >= 0.3 is 0 Å². The molecule has 0 spiro atoms. The van der Waals surface area contributed by atoms with Crippen molar-refractivity contribution >= 4 is 28.2 Å². The molecular formula is C16H19N3O3S. The van der Waals surface area contributed by atoms with Gasteiger partial charge in [-0.05, 0) is 49.6 Å². The Hall–Kier alpha value is -2.12. The van der Waals surface area contributed by atoms with Crippen molar-refractivity contribution in [3.63, 3.8) is 0 Å². The maximum atomic E-state index is 12.6. The minimum atomic E-state index is -0.320. The van der Waals surface area contributed by atoms with E-state index in [9.17, 15) is 9.59 Å². The van der Waals surface area contributed by atoms with Crippen LogP contribution < -0.4 is 11.1 Å². The highest BCUT2D eigenvalue weighted by Crippen LogP contribution is 2.29. The van der Waals surface area contributed by atoms with Crippen LogP contribution in [0.4, 0.5) is 5.00 Å². The summed E-state index contributed by atoms with van der Waals surface area (Å²) in [7, 11) is 0. The quantitative estimate of drug-likeness (QED) is 0.899. The smallest absolute Gasteiger partial charge is 0.291 e. The summed E-state index contributed by atoms with van der Waals surface area (Å²) in [5.74, 6) is 0.327. The van der Waals surface area contributed by atoms with Crippen molar-refractivity contribution in [3.8, 4) is 0 Å². The molecule has 1 saturated heterocycles. The van der Waals surface area contributed by atoms with Crippen LogP contribution in [0.25, 0.3) is 0 Å². The summed E-state index contributed by atoms with van der Waals surface area (Å²) in [6.45, 7) is 3.94. The first-order valence-electron chi connectivity index (χ1n) is 7.53. The van der Waals surface area contributed by atoms with E-state index in [4.69, 9.17) is 10.2 Å². The molecule has 1 atom stereocenters. The summed E-state index contributed by atoms with van der Waals surface area (Å²) < 4.78 is 5.06. The molecule has 1 aliphatic rings. The van der Waals surface area contributed by atoms with E-state index in [1.165, 1.54) is 17.6 Å². The Morgan fingerprint density at radius 1 is 1.52 bits per heavy atom. The second-order valence-electron chi connectivity index (χ2n) is 5.70. The Kier molecular flexibility index (Phi) is 4.49. The average molecular weight is 333 g/mol. The molecule has 122 valence electrons. The van der Waals surface area contributed by atoms with Crippen molar-refractivity contribution in [1.29, 1.82) is 0 Å². The zero-order valence-electron chi connectivity index (χ0n) is 12.9. The topological polar surface area (TPSA) is 88.6 Å². The van der Waals surface area contributed by atoms with Gasteiger partial charge in [-0.25, -0.2) is 0 Å². The van der Waals surface area contributed by atoms with Gasteiger partial charge in [0.15, 0.2) is 5.76 Å². The molecule has 7 heteroatoms. The third kappa shape index (κ3) is 3.30. The largest absolute Gasteiger partial charge is 0.459 e. The molecule has 0 bridgehead atoms. The van der Waals surface area contributed by atoms with Crippen molar-refractivity contribution in [2.24, 2.45) is 11.7 Å². The third-order valence-electron chi connectivity index (χ3n) is 4.00. The highest BCUT2D eigenvalue weighted by Gasteiger charge is 2.28.